The van der Waals surface area contributed by atoms with Crippen LogP contribution < -0.4 is 21.1 Å². The Morgan fingerprint density at radius 3 is 2.62 bits per heavy atom. The highest BCUT2D eigenvalue weighted by molar-refractivity contribution is 5.92. The molecule has 1 saturated carbocycles. The zero-order valence-corrected chi connectivity index (χ0v) is 17.2. The second kappa shape index (κ2) is 9.96. The third-order valence-electron chi connectivity index (χ3n) is 5.16. The van der Waals surface area contributed by atoms with Crippen LogP contribution >= 0.6 is 0 Å². The highest BCUT2D eigenvalue weighted by Gasteiger charge is 2.18. The maximum Gasteiger partial charge on any atom is 0.248 e. The van der Waals surface area contributed by atoms with Crippen molar-refractivity contribution in [1.82, 2.24) is 10.6 Å². The summed E-state index contributed by atoms with van der Waals surface area (Å²) in [6.45, 7) is 3.24. The number of amides is 1. The van der Waals surface area contributed by atoms with E-state index in [9.17, 15) is 4.79 Å². The number of nitrogens with one attached hydrogen (secondary N) is 2. The standard InChI is InChI=1S/C23H30N4O2/c1-16-10-11-19(21(12-16)29-20-8-3-4-9-20)15-27-23(25-2)26-14-17-6-5-7-18(13-17)22(24)28/h5-7,10-13,20H,3-4,8-9,14-15H2,1-2H3,(H2,24,28)(H2,25,26,27). The molecular formula is C23H30N4O2. The van der Waals surface area contributed by atoms with Gasteiger partial charge < -0.3 is 21.1 Å². The zero-order valence-electron chi connectivity index (χ0n) is 17.2. The number of carbonyl (C=O) groups is 1. The number of hydrogen-bond donors (Lipinski definition) is 3. The van der Waals surface area contributed by atoms with Gasteiger partial charge in [-0.25, -0.2) is 0 Å². The molecule has 1 aliphatic carbocycles. The topological polar surface area (TPSA) is 88.7 Å². The number of carbonyl (C=O) groups excluding carboxylic acids is 1. The van der Waals surface area contributed by atoms with Crippen LogP contribution in [0.2, 0.25) is 0 Å². The summed E-state index contributed by atoms with van der Waals surface area (Å²) >= 11 is 0. The van der Waals surface area contributed by atoms with Gasteiger partial charge in [0.1, 0.15) is 5.75 Å². The van der Waals surface area contributed by atoms with E-state index < -0.39 is 5.91 Å². The lowest BCUT2D eigenvalue weighted by Crippen LogP contribution is -2.36. The van der Waals surface area contributed by atoms with Gasteiger partial charge in [0.2, 0.25) is 5.91 Å². The minimum Gasteiger partial charge on any atom is -0.490 e. The maximum absolute atomic E-state index is 11.3. The number of nitrogens with two attached hydrogens (primary N) is 1. The zero-order chi connectivity index (χ0) is 20.6. The van der Waals surface area contributed by atoms with Crippen molar-refractivity contribution in [3.05, 3.63) is 64.7 Å². The van der Waals surface area contributed by atoms with Crippen LogP contribution in [0.4, 0.5) is 0 Å². The van der Waals surface area contributed by atoms with Crippen LogP contribution in [0.1, 0.15) is 52.7 Å². The molecular weight excluding hydrogens is 364 g/mol. The monoisotopic (exact) mass is 394 g/mol. The van der Waals surface area contributed by atoms with Crippen LogP contribution in [0.3, 0.4) is 0 Å². The van der Waals surface area contributed by atoms with Gasteiger partial charge in [-0.15, -0.1) is 0 Å². The maximum atomic E-state index is 11.3. The predicted molar refractivity (Wildman–Crippen MR) is 116 cm³/mol. The first-order valence-electron chi connectivity index (χ1n) is 10.1. The molecule has 2 aromatic carbocycles. The summed E-state index contributed by atoms with van der Waals surface area (Å²) in [5.74, 6) is 1.21. The van der Waals surface area contributed by atoms with Crippen molar-refractivity contribution in [1.29, 1.82) is 0 Å². The Kier molecular flexibility index (Phi) is 7.11. The molecule has 4 N–H and O–H groups in total. The van der Waals surface area contributed by atoms with Crippen molar-refractivity contribution >= 4 is 11.9 Å². The summed E-state index contributed by atoms with van der Waals surface area (Å²) in [7, 11) is 1.74. The Hall–Kier alpha value is -3.02. The van der Waals surface area contributed by atoms with Gasteiger partial charge in [0, 0.05) is 31.3 Å². The molecule has 0 bridgehead atoms. The van der Waals surface area contributed by atoms with Gasteiger partial charge in [-0.2, -0.15) is 0 Å². The fraction of sp³-hybridized carbons (Fsp3) is 0.391. The molecule has 1 amide bonds. The Bertz CT molecular complexity index is 873. The van der Waals surface area contributed by atoms with Gasteiger partial charge in [0.05, 0.1) is 6.10 Å². The summed E-state index contributed by atoms with van der Waals surface area (Å²) in [4.78, 5) is 15.6. The molecule has 0 aliphatic heterocycles. The Labute approximate surface area is 172 Å². The summed E-state index contributed by atoms with van der Waals surface area (Å²) in [6, 6.07) is 13.6. The average Bonchev–Trinajstić information content (AvgIpc) is 3.22. The first-order chi connectivity index (χ1) is 14.0. The summed E-state index contributed by atoms with van der Waals surface area (Å²) in [6.07, 6.45) is 5.09. The first kappa shape index (κ1) is 20.7. The molecule has 154 valence electrons. The number of benzene rings is 2. The Morgan fingerprint density at radius 1 is 1.14 bits per heavy atom. The quantitative estimate of drug-likeness (QED) is 0.497. The van der Waals surface area contributed by atoms with Crippen molar-refractivity contribution in [3.8, 4) is 5.75 Å². The molecule has 29 heavy (non-hydrogen) atoms. The molecule has 0 aromatic heterocycles. The fourth-order valence-corrected chi connectivity index (χ4v) is 3.52. The molecule has 0 heterocycles. The Morgan fingerprint density at radius 2 is 1.90 bits per heavy atom. The molecule has 2 aromatic rings. The van der Waals surface area contributed by atoms with Gasteiger partial charge >= 0.3 is 0 Å². The number of nitrogens with zero attached hydrogens (tertiary/aromatic N) is 1. The van der Waals surface area contributed by atoms with Gasteiger partial charge in [-0.3, -0.25) is 9.79 Å². The van der Waals surface area contributed by atoms with Crippen LogP contribution in [-0.2, 0) is 13.1 Å². The fourth-order valence-electron chi connectivity index (χ4n) is 3.52. The normalized spacial score (nSPS) is 14.6. The summed E-state index contributed by atoms with van der Waals surface area (Å²) in [5.41, 5.74) is 9.12. The Balaban J connectivity index is 1.59. The van der Waals surface area contributed by atoms with Gasteiger partial charge in [0.15, 0.2) is 5.96 Å². The van der Waals surface area contributed by atoms with Crippen LogP contribution in [0.25, 0.3) is 0 Å². The van der Waals surface area contributed by atoms with Crippen LogP contribution in [0.15, 0.2) is 47.5 Å². The summed E-state index contributed by atoms with van der Waals surface area (Å²) in [5, 5.41) is 6.62. The summed E-state index contributed by atoms with van der Waals surface area (Å²) < 4.78 is 6.27. The highest BCUT2D eigenvalue weighted by atomic mass is 16.5. The molecule has 1 aliphatic rings. The van der Waals surface area contributed by atoms with E-state index in [0.29, 0.717) is 30.7 Å². The molecule has 1 fully saturated rings. The lowest BCUT2D eigenvalue weighted by Gasteiger charge is -2.18. The smallest absolute Gasteiger partial charge is 0.248 e. The number of aliphatic imine (C=N–C) groups is 1. The van der Waals surface area contributed by atoms with E-state index in [1.807, 2.05) is 12.1 Å². The van der Waals surface area contributed by atoms with E-state index in [-0.39, 0.29) is 0 Å². The molecule has 0 unspecified atom stereocenters. The predicted octanol–water partition coefficient (Wildman–Crippen LogP) is 3.28. The van der Waals surface area contributed by atoms with Crippen molar-refractivity contribution in [2.24, 2.45) is 10.7 Å². The van der Waals surface area contributed by atoms with E-state index in [0.717, 1.165) is 29.7 Å². The third-order valence-corrected chi connectivity index (χ3v) is 5.16. The number of guanidine groups is 1. The van der Waals surface area contributed by atoms with E-state index in [1.54, 1.807) is 19.2 Å². The second-order valence-corrected chi connectivity index (χ2v) is 7.48. The minimum atomic E-state index is -0.427. The van der Waals surface area contributed by atoms with E-state index in [2.05, 4.69) is 40.7 Å². The SMILES string of the molecule is CN=C(NCc1cccc(C(N)=O)c1)NCc1ccc(C)cc1OC1CCCC1. The second-order valence-electron chi connectivity index (χ2n) is 7.48. The molecule has 0 atom stereocenters. The third kappa shape index (κ3) is 5.98. The molecule has 3 rings (SSSR count). The van der Waals surface area contributed by atoms with Crippen molar-refractivity contribution < 1.29 is 9.53 Å². The molecule has 0 saturated heterocycles. The molecule has 6 heteroatoms. The van der Waals surface area contributed by atoms with Crippen LogP contribution in [0, 0.1) is 6.92 Å². The minimum absolute atomic E-state index is 0.325. The first-order valence-corrected chi connectivity index (χ1v) is 10.1. The van der Waals surface area contributed by atoms with Crippen molar-refractivity contribution in [2.75, 3.05) is 7.05 Å². The van der Waals surface area contributed by atoms with E-state index in [4.69, 9.17) is 10.5 Å². The number of aryl methyl sites for hydroxylation is 1. The van der Waals surface area contributed by atoms with Gasteiger partial charge in [-0.1, -0.05) is 24.3 Å². The number of ether oxygens (including phenoxy) is 1. The lowest BCUT2D eigenvalue weighted by atomic mass is 10.1. The molecule has 0 spiro atoms. The number of rotatable bonds is 7. The van der Waals surface area contributed by atoms with Crippen LogP contribution in [0.5, 0.6) is 5.75 Å². The van der Waals surface area contributed by atoms with E-state index in [1.165, 1.54) is 18.4 Å². The number of primary amides is 1. The van der Waals surface area contributed by atoms with Gasteiger partial charge in [0.25, 0.3) is 0 Å². The highest BCUT2D eigenvalue weighted by Crippen LogP contribution is 2.27. The van der Waals surface area contributed by atoms with E-state index >= 15 is 0 Å². The molecule has 6 nitrogen and oxygen atoms in total. The largest absolute Gasteiger partial charge is 0.490 e. The lowest BCUT2D eigenvalue weighted by molar-refractivity contribution is 0.1000. The number of hydrogen-bond acceptors (Lipinski definition) is 3. The van der Waals surface area contributed by atoms with Crippen LogP contribution in [-0.4, -0.2) is 25.0 Å². The van der Waals surface area contributed by atoms with Crippen molar-refractivity contribution in [3.63, 3.8) is 0 Å². The van der Waals surface area contributed by atoms with Crippen molar-refractivity contribution in [2.45, 2.75) is 51.8 Å². The molecule has 0 radical (unpaired) electrons. The average molecular weight is 395 g/mol. The van der Waals surface area contributed by atoms with Gasteiger partial charge in [-0.05, 0) is 61.9 Å².